The summed E-state index contributed by atoms with van der Waals surface area (Å²) in [6.45, 7) is 1.65. The lowest BCUT2D eigenvalue weighted by atomic mass is 10.0. The van der Waals surface area contributed by atoms with Gasteiger partial charge in [0.25, 0.3) is 0 Å². The van der Waals surface area contributed by atoms with Crippen molar-refractivity contribution in [3.8, 4) is 12.3 Å². The lowest BCUT2D eigenvalue weighted by Gasteiger charge is -2.23. The highest BCUT2D eigenvalue weighted by molar-refractivity contribution is 5.95. The number of aliphatic hydroxyl groups is 1. The molecule has 1 heterocycles. The molecule has 3 atom stereocenters. The molecule has 1 fully saturated rings. The van der Waals surface area contributed by atoms with Crippen LogP contribution in [0, 0.1) is 18.3 Å². The normalized spacial score (nSPS) is 20.5. The lowest BCUT2D eigenvalue weighted by Crippen LogP contribution is -2.45. The van der Waals surface area contributed by atoms with Gasteiger partial charge in [-0.2, -0.15) is 0 Å². The van der Waals surface area contributed by atoms with Crippen LogP contribution in [-0.2, 0) is 16.0 Å². The molecule has 2 amide bonds. The molecule has 0 bridgehead atoms. The van der Waals surface area contributed by atoms with Crippen molar-refractivity contribution < 1.29 is 19.4 Å². The molecule has 1 aromatic rings. The fourth-order valence-electron chi connectivity index (χ4n) is 2.27. The Balaban J connectivity index is 2.14. The van der Waals surface area contributed by atoms with E-state index in [4.69, 9.17) is 11.2 Å². The molecular formula is C16H17NO4. The summed E-state index contributed by atoms with van der Waals surface area (Å²) in [4.78, 5) is 25.2. The highest BCUT2D eigenvalue weighted by Gasteiger charge is 2.40. The minimum absolute atomic E-state index is 0.151. The van der Waals surface area contributed by atoms with Crippen molar-refractivity contribution in [1.82, 2.24) is 4.90 Å². The minimum atomic E-state index is -1.22. The maximum Gasteiger partial charge on any atom is 0.416 e. The third-order valence-electron chi connectivity index (χ3n) is 3.55. The Labute approximate surface area is 123 Å². The number of nitrogens with zero attached hydrogens (tertiary/aromatic N) is 1. The predicted octanol–water partition coefficient (Wildman–Crippen LogP) is 1.21. The molecule has 2 rings (SSSR count). The van der Waals surface area contributed by atoms with Gasteiger partial charge in [0.15, 0.2) is 0 Å². The Morgan fingerprint density at radius 1 is 1.52 bits per heavy atom. The first kappa shape index (κ1) is 15.1. The molecule has 5 heteroatoms. The van der Waals surface area contributed by atoms with Crippen molar-refractivity contribution in [2.24, 2.45) is 5.92 Å². The van der Waals surface area contributed by atoms with Crippen molar-refractivity contribution in [2.75, 3.05) is 6.61 Å². The zero-order valence-corrected chi connectivity index (χ0v) is 11.7. The molecule has 0 radical (unpaired) electrons. The Morgan fingerprint density at radius 3 is 2.81 bits per heavy atom. The van der Waals surface area contributed by atoms with E-state index in [9.17, 15) is 14.7 Å². The van der Waals surface area contributed by atoms with Gasteiger partial charge in [0, 0.05) is 0 Å². The van der Waals surface area contributed by atoms with E-state index in [0.29, 0.717) is 6.42 Å². The average molecular weight is 287 g/mol. The molecule has 1 aliphatic heterocycles. The van der Waals surface area contributed by atoms with E-state index in [1.54, 1.807) is 0 Å². The molecule has 0 aromatic heterocycles. The van der Waals surface area contributed by atoms with Crippen LogP contribution in [0.1, 0.15) is 12.5 Å². The first-order valence-corrected chi connectivity index (χ1v) is 6.72. The van der Waals surface area contributed by atoms with Gasteiger partial charge in [-0.25, -0.2) is 9.69 Å². The summed E-state index contributed by atoms with van der Waals surface area (Å²) < 4.78 is 4.97. The van der Waals surface area contributed by atoms with E-state index in [0.717, 1.165) is 10.5 Å². The van der Waals surface area contributed by atoms with Gasteiger partial charge in [0.2, 0.25) is 5.91 Å². The van der Waals surface area contributed by atoms with Crippen LogP contribution in [0.5, 0.6) is 0 Å². The quantitative estimate of drug-likeness (QED) is 0.845. The average Bonchev–Trinajstić information content (AvgIpc) is 2.86. The zero-order valence-electron chi connectivity index (χ0n) is 11.7. The number of hydrogen-bond donors (Lipinski definition) is 1. The first-order valence-electron chi connectivity index (χ1n) is 6.72. The van der Waals surface area contributed by atoms with Crippen molar-refractivity contribution in [3.63, 3.8) is 0 Å². The maximum atomic E-state index is 12.3. The monoisotopic (exact) mass is 287 g/mol. The van der Waals surface area contributed by atoms with Gasteiger partial charge in [-0.15, -0.1) is 6.42 Å². The lowest BCUT2D eigenvalue weighted by molar-refractivity contribution is -0.135. The number of amides is 2. The molecule has 1 unspecified atom stereocenters. The molecule has 21 heavy (non-hydrogen) atoms. The first-order chi connectivity index (χ1) is 10.0. The molecule has 0 saturated carbocycles. The summed E-state index contributed by atoms with van der Waals surface area (Å²) >= 11 is 0. The fourth-order valence-corrected chi connectivity index (χ4v) is 2.27. The van der Waals surface area contributed by atoms with Crippen molar-refractivity contribution in [3.05, 3.63) is 35.9 Å². The molecular weight excluding hydrogens is 270 g/mol. The van der Waals surface area contributed by atoms with Gasteiger partial charge in [0.05, 0.1) is 12.0 Å². The van der Waals surface area contributed by atoms with Gasteiger partial charge in [0.1, 0.15) is 12.7 Å². The number of imide groups is 1. The van der Waals surface area contributed by atoms with Crippen LogP contribution in [0.15, 0.2) is 30.3 Å². The number of hydrogen-bond acceptors (Lipinski definition) is 4. The maximum absolute atomic E-state index is 12.3. The molecule has 1 aromatic carbocycles. The molecule has 0 aliphatic carbocycles. The number of ether oxygens (including phenoxy) is 1. The van der Waals surface area contributed by atoms with Crippen LogP contribution < -0.4 is 0 Å². The Kier molecular flexibility index (Phi) is 4.61. The minimum Gasteiger partial charge on any atom is -0.447 e. The predicted molar refractivity (Wildman–Crippen MR) is 76.1 cm³/mol. The number of aliphatic hydroxyl groups excluding tert-OH is 1. The van der Waals surface area contributed by atoms with Gasteiger partial charge in [-0.3, -0.25) is 4.79 Å². The van der Waals surface area contributed by atoms with Crippen molar-refractivity contribution >= 4 is 12.0 Å². The summed E-state index contributed by atoms with van der Waals surface area (Å²) in [6.07, 6.45) is 3.72. The molecule has 110 valence electrons. The molecule has 0 spiro atoms. The van der Waals surface area contributed by atoms with Crippen molar-refractivity contribution in [1.29, 1.82) is 0 Å². The highest BCUT2D eigenvalue weighted by Crippen LogP contribution is 2.21. The number of carbonyl (C=O) groups excluding carboxylic acids is 2. The van der Waals surface area contributed by atoms with E-state index in [1.807, 2.05) is 30.3 Å². The third kappa shape index (κ3) is 3.23. The summed E-state index contributed by atoms with van der Waals surface area (Å²) in [5, 5.41) is 9.58. The molecule has 1 aliphatic rings. The van der Waals surface area contributed by atoms with E-state index < -0.39 is 24.0 Å². The van der Waals surface area contributed by atoms with E-state index in [2.05, 4.69) is 5.92 Å². The van der Waals surface area contributed by atoms with Crippen LogP contribution in [0.3, 0.4) is 0 Å². The second-order valence-electron chi connectivity index (χ2n) is 5.03. The van der Waals surface area contributed by atoms with E-state index >= 15 is 0 Å². The Hall–Kier alpha value is -2.32. The second kappa shape index (κ2) is 6.42. The number of cyclic esters (lactones) is 1. The molecule has 5 nitrogen and oxygen atoms in total. The van der Waals surface area contributed by atoms with E-state index in [-0.39, 0.29) is 12.6 Å². The fraction of sp³-hybridized carbons (Fsp3) is 0.375. The second-order valence-corrected chi connectivity index (χ2v) is 5.03. The number of benzene rings is 1. The number of rotatable bonds is 4. The van der Waals surface area contributed by atoms with Crippen LogP contribution in [0.2, 0.25) is 0 Å². The van der Waals surface area contributed by atoms with E-state index in [1.165, 1.54) is 6.92 Å². The Bertz CT molecular complexity index is 563. The van der Waals surface area contributed by atoms with Crippen LogP contribution >= 0.6 is 0 Å². The number of terminal acetylenes is 1. The molecule has 1 saturated heterocycles. The topological polar surface area (TPSA) is 66.8 Å². The van der Waals surface area contributed by atoms with Gasteiger partial charge in [-0.05, 0) is 12.0 Å². The Morgan fingerprint density at radius 2 is 2.19 bits per heavy atom. The van der Waals surface area contributed by atoms with Gasteiger partial charge >= 0.3 is 6.09 Å². The standard InChI is InChI=1S/C16H17NO4/c1-3-14(18)11(2)15(19)17-13(10-21-16(17)20)9-12-7-5-4-6-8-12/h1,4-8,11,13-14,18H,9-10H2,2H3/t11-,13?,14-/m0/s1. The largest absolute Gasteiger partial charge is 0.447 e. The van der Waals surface area contributed by atoms with Crippen LogP contribution in [0.25, 0.3) is 0 Å². The summed E-state index contributed by atoms with van der Waals surface area (Å²) in [6, 6.07) is 9.15. The third-order valence-corrected chi connectivity index (χ3v) is 3.55. The van der Waals surface area contributed by atoms with Gasteiger partial charge in [-0.1, -0.05) is 43.2 Å². The van der Waals surface area contributed by atoms with Crippen molar-refractivity contribution in [2.45, 2.75) is 25.5 Å². The highest BCUT2D eigenvalue weighted by atomic mass is 16.6. The smallest absolute Gasteiger partial charge is 0.416 e. The molecule has 1 N–H and O–H groups in total. The van der Waals surface area contributed by atoms with Crippen LogP contribution in [-0.4, -0.2) is 40.8 Å². The SMILES string of the molecule is C#C[C@H](O)[C@H](C)C(=O)N1C(=O)OCC1Cc1ccccc1. The summed E-state index contributed by atoms with van der Waals surface area (Å²) in [7, 11) is 0. The number of carbonyl (C=O) groups is 2. The summed E-state index contributed by atoms with van der Waals surface area (Å²) in [5.74, 6) is 0.746. The zero-order chi connectivity index (χ0) is 15.4. The van der Waals surface area contributed by atoms with Crippen LogP contribution in [0.4, 0.5) is 4.79 Å². The summed E-state index contributed by atoms with van der Waals surface area (Å²) in [5.41, 5.74) is 1.00. The van der Waals surface area contributed by atoms with Gasteiger partial charge < -0.3 is 9.84 Å².